The zero-order chi connectivity index (χ0) is 12.7. The number of hydrogen-bond donors (Lipinski definition) is 1. The molecule has 1 N–H and O–H groups in total. The zero-order valence-electron chi connectivity index (χ0n) is 11.0. The summed E-state index contributed by atoms with van der Waals surface area (Å²) < 4.78 is 0. The van der Waals surface area contributed by atoms with E-state index in [0.717, 1.165) is 32.1 Å². The van der Waals surface area contributed by atoms with E-state index in [-0.39, 0.29) is 24.3 Å². The highest BCUT2D eigenvalue weighted by Crippen LogP contribution is 2.16. The summed E-state index contributed by atoms with van der Waals surface area (Å²) in [5.41, 5.74) is 0. The van der Waals surface area contributed by atoms with Crippen LogP contribution in [-0.2, 0) is 9.59 Å². The third-order valence-electron chi connectivity index (χ3n) is 3.32. The van der Waals surface area contributed by atoms with Crippen molar-refractivity contribution < 1.29 is 9.59 Å². The van der Waals surface area contributed by atoms with Crippen LogP contribution in [0.3, 0.4) is 0 Å². The van der Waals surface area contributed by atoms with Gasteiger partial charge < -0.3 is 10.2 Å². The molecule has 1 rings (SSSR count). The molecule has 1 aliphatic rings. The Labute approximate surface area is 104 Å². The Morgan fingerprint density at radius 1 is 1.47 bits per heavy atom. The van der Waals surface area contributed by atoms with Gasteiger partial charge in [0.2, 0.25) is 11.8 Å². The number of carbonyl (C=O) groups excluding carboxylic acids is 2. The molecule has 2 amide bonds. The first-order valence-electron chi connectivity index (χ1n) is 6.74. The van der Waals surface area contributed by atoms with Crippen LogP contribution in [0, 0.1) is 5.92 Å². The maximum Gasteiger partial charge on any atom is 0.239 e. The third-order valence-corrected chi connectivity index (χ3v) is 3.32. The van der Waals surface area contributed by atoms with Crippen molar-refractivity contribution in [2.24, 2.45) is 5.92 Å². The number of rotatable bonds is 5. The Bertz CT molecular complexity index is 266. The van der Waals surface area contributed by atoms with E-state index in [1.165, 1.54) is 0 Å². The Morgan fingerprint density at radius 3 is 2.88 bits per heavy atom. The highest BCUT2D eigenvalue weighted by molar-refractivity contribution is 5.86. The van der Waals surface area contributed by atoms with Gasteiger partial charge in [0.25, 0.3) is 0 Å². The van der Waals surface area contributed by atoms with E-state index in [1.54, 1.807) is 4.90 Å². The van der Waals surface area contributed by atoms with Gasteiger partial charge in [-0.25, -0.2) is 0 Å². The molecule has 0 aliphatic carbocycles. The van der Waals surface area contributed by atoms with E-state index in [1.807, 2.05) is 0 Å². The first kappa shape index (κ1) is 14.0. The third kappa shape index (κ3) is 4.36. The van der Waals surface area contributed by atoms with Crippen molar-refractivity contribution in [1.29, 1.82) is 0 Å². The lowest BCUT2D eigenvalue weighted by molar-refractivity contribution is -0.139. The van der Waals surface area contributed by atoms with Crippen molar-refractivity contribution in [3.8, 4) is 0 Å². The second-order valence-electron chi connectivity index (χ2n) is 4.71. The summed E-state index contributed by atoms with van der Waals surface area (Å²) in [4.78, 5) is 25.4. The molecule has 1 saturated heterocycles. The number of hydrogen-bond acceptors (Lipinski definition) is 2. The number of amides is 2. The van der Waals surface area contributed by atoms with Crippen molar-refractivity contribution in [3.05, 3.63) is 0 Å². The fourth-order valence-corrected chi connectivity index (χ4v) is 2.21. The molecular formula is C13H24N2O2. The highest BCUT2D eigenvalue weighted by Gasteiger charge is 2.25. The van der Waals surface area contributed by atoms with Gasteiger partial charge in [0.15, 0.2) is 0 Å². The summed E-state index contributed by atoms with van der Waals surface area (Å²) >= 11 is 0. The minimum atomic E-state index is -0.0267. The summed E-state index contributed by atoms with van der Waals surface area (Å²) in [5.74, 6) is 0.236. The maximum atomic E-state index is 12.3. The first-order valence-corrected chi connectivity index (χ1v) is 6.74. The molecule has 0 aromatic carbocycles. The van der Waals surface area contributed by atoms with E-state index in [0.29, 0.717) is 13.1 Å². The molecule has 4 nitrogen and oxygen atoms in total. The van der Waals surface area contributed by atoms with Crippen LogP contribution in [0.25, 0.3) is 0 Å². The standard InChI is InChI=1S/C13H24N2O2/c1-3-5-7-11(4-2)13(17)15-9-6-8-14-12(16)10-15/h11H,3-10H2,1-2H3,(H,14,16). The lowest BCUT2D eigenvalue weighted by Gasteiger charge is -2.24. The van der Waals surface area contributed by atoms with Crippen LogP contribution in [0.2, 0.25) is 0 Å². The molecule has 1 aliphatic heterocycles. The average Bonchev–Trinajstić information content (AvgIpc) is 2.54. The molecule has 0 aromatic rings. The minimum absolute atomic E-state index is 0.0267. The van der Waals surface area contributed by atoms with Crippen LogP contribution in [0.5, 0.6) is 0 Å². The predicted octanol–water partition coefficient (Wildman–Crippen LogP) is 1.55. The first-order chi connectivity index (χ1) is 8.19. The van der Waals surface area contributed by atoms with E-state index in [2.05, 4.69) is 19.2 Å². The molecule has 0 bridgehead atoms. The van der Waals surface area contributed by atoms with E-state index < -0.39 is 0 Å². The van der Waals surface area contributed by atoms with Gasteiger partial charge in [-0.15, -0.1) is 0 Å². The van der Waals surface area contributed by atoms with Gasteiger partial charge in [-0.2, -0.15) is 0 Å². The predicted molar refractivity (Wildman–Crippen MR) is 67.5 cm³/mol. The number of unbranched alkanes of at least 4 members (excludes halogenated alkanes) is 1. The van der Waals surface area contributed by atoms with Crippen molar-refractivity contribution in [2.75, 3.05) is 19.6 Å². The smallest absolute Gasteiger partial charge is 0.239 e. The number of nitrogens with zero attached hydrogens (tertiary/aromatic N) is 1. The summed E-state index contributed by atoms with van der Waals surface area (Å²) in [6.07, 6.45) is 4.89. The van der Waals surface area contributed by atoms with Gasteiger partial charge >= 0.3 is 0 Å². The molecule has 1 fully saturated rings. The summed E-state index contributed by atoms with van der Waals surface area (Å²) in [6.45, 7) is 5.82. The molecule has 0 aromatic heterocycles. The van der Waals surface area contributed by atoms with Gasteiger partial charge in [0.1, 0.15) is 0 Å². The summed E-state index contributed by atoms with van der Waals surface area (Å²) in [5, 5.41) is 2.80. The topological polar surface area (TPSA) is 49.4 Å². The van der Waals surface area contributed by atoms with Gasteiger partial charge in [-0.3, -0.25) is 9.59 Å². The SMILES string of the molecule is CCCCC(CC)C(=O)N1CCCNC(=O)C1. The fourth-order valence-electron chi connectivity index (χ4n) is 2.21. The molecule has 17 heavy (non-hydrogen) atoms. The Hall–Kier alpha value is -1.06. The Balaban J connectivity index is 2.55. The molecule has 0 saturated carbocycles. The van der Waals surface area contributed by atoms with Gasteiger partial charge in [0, 0.05) is 19.0 Å². The van der Waals surface area contributed by atoms with E-state index >= 15 is 0 Å². The van der Waals surface area contributed by atoms with Crippen LogP contribution in [0.1, 0.15) is 46.0 Å². The van der Waals surface area contributed by atoms with Crippen LogP contribution in [-0.4, -0.2) is 36.3 Å². The second-order valence-corrected chi connectivity index (χ2v) is 4.71. The highest BCUT2D eigenvalue weighted by atomic mass is 16.2. The molecule has 0 spiro atoms. The van der Waals surface area contributed by atoms with Crippen LogP contribution in [0.4, 0.5) is 0 Å². The van der Waals surface area contributed by atoms with E-state index in [4.69, 9.17) is 0 Å². The monoisotopic (exact) mass is 240 g/mol. The lowest BCUT2D eigenvalue weighted by Crippen LogP contribution is -2.40. The molecular weight excluding hydrogens is 216 g/mol. The Kier molecular flexibility index (Phi) is 6.01. The molecule has 1 atom stereocenters. The van der Waals surface area contributed by atoms with Crippen LogP contribution >= 0.6 is 0 Å². The van der Waals surface area contributed by atoms with Gasteiger partial charge in [-0.1, -0.05) is 26.7 Å². The Morgan fingerprint density at radius 2 is 2.24 bits per heavy atom. The normalized spacial score (nSPS) is 18.5. The molecule has 98 valence electrons. The van der Waals surface area contributed by atoms with Crippen molar-refractivity contribution >= 4 is 11.8 Å². The van der Waals surface area contributed by atoms with Crippen LogP contribution < -0.4 is 5.32 Å². The summed E-state index contributed by atoms with van der Waals surface area (Å²) in [6, 6.07) is 0. The van der Waals surface area contributed by atoms with Gasteiger partial charge in [0.05, 0.1) is 6.54 Å². The largest absolute Gasteiger partial charge is 0.354 e. The quantitative estimate of drug-likeness (QED) is 0.792. The zero-order valence-corrected chi connectivity index (χ0v) is 11.0. The maximum absolute atomic E-state index is 12.3. The molecule has 1 unspecified atom stereocenters. The van der Waals surface area contributed by atoms with Crippen molar-refractivity contribution in [3.63, 3.8) is 0 Å². The fraction of sp³-hybridized carbons (Fsp3) is 0.846. The molecule has 1 heterocycles. The van der Waals surface area contributed by atoms with Crippen molar-refractivity contribution in [1.82, 2.24) is 10.2 Å². The molecule has 0 radical (unpaired) electrons. The minimum Gasteiger partial charge on any atom is -0.354 e. The average molecular weight is 240 g/mol. The van der Waals surface area contributed by atoms with Crippen LogP contribution in [0.15, 0.2) is 0 Å². The van der Waals surface area contributed by atoms with Gasteiger partial charge in [-0.05, 0) is 19.3 Å². The second kappa shape index (κ2) is 7.30. The van der Waals surface area contributed by atoms with Crippen molar-refractivity contribution in [2.45, 2.75) is 46.0 Å². The molecule has 4 heteroatoms. The lowest BCUT2D eigenvalue weighted by atomic mass is 9.97. The number of nitrogens with one attached hydrogen (secondary N) is 1. The number of carbonyl (C=O) groups is 2. The van der Waals surface area contributed by atoms with E-state index in [9.17, 15) is 9.59 Å². The summed E-state index contributed by atoms with van der Waals surface area (Å²) in [7, 11) is 0.